The van der Waals surface area contributed by atoms with Gasteiger partial charge in [-0.3, -0.25) is 4.57 Å². The number of halogens is 2. The number of nitrogens with zero attached hydrogens (tertiary/aromatic N) is 3. The third-order valence-electron chi connectivity index (χ3n) is 1.67. The van der Waals surface area contributed by atoms with Gasteiger partial charge in [-0.05, 0) is 0 Å². The second-order valence-electron chi connectivity index (χ2n) is 2.76. The minimum atomic E-state index is -0.344. The molecule has 2 rings (SSSR count). The number of thiazole rings is 1. The van der Waals surface area contributed by atoms with E-state index in [-0.39, 0.29) is 5.69 Å². The molecule has 0 saturated carbocycles. The molecule has 0 atom stereocenters. The Morgan fingerprint density at radius 3 is 2.80 bits per heavy atom. The van der Waals surface area contributed by atoms with Crippen LogP contribution in [-0.2, 0) is 6.54 Å². The number of hydrogen-bond donors (Lipinski definition) is 0. The van der Waals surface area contributed by atoms with Gasteiger partial charge in [0.25, 0.3) is 0 Å². The molecule has 0 fully saturated rings. The summed E-state index contributed by atoms with van der Waals surface area (Å²) in [6, 6.07) is 0. The molecule has 7 heteroatoms. The zero-order chi connectivity index (χ0) is 10.8. The fraction of sp³-hybridized carbons (Fsp3) is 0.125. The van der Waals surface area contributed by atoms with E-state index in [1.165, 1.54) is 28.3 Å². The smallest absolute Gasteiger partial charge is 0.292 e. The summed E-state index contributed by atoms with van der Waals surface area (Å²) in [7, 11) is 0. The highest BCUT2D eigenvalue weighted by molar-refractivity contribution is 7.15. The Balaban J connectivity index is 2.31. The van der Waals surface area contributed by atoms with E-state index in [1.807, 2.05) is 0 Å². The van der Waals surface area contributed by atoms with Crippen LogP contribution in [-0.4, -0.2) is 14.5 Å². The Morgan fingerprint density at radius 1 is 1.33 bits per heavy atom. The molecule has 0 aliphatic rings. The minimum Gasteiger partial charge on any atom is -0.292 e. The summed E-state index contributed by atoms with van der Waals surface area (Å²) >= 11 is 12.7. The van der Waals surface area contributed by atoms with Crippen molar-refractivity contribution in [3.05, 3.63) is 43.4 Å². The van der Waals surface area contributed by atoms with Crippen LogP contribution >= 0.6 is 34.5 Å². The zero-order valence-electron chi connectivity index (χ0n) is 7.35. The van der Waals surface area contributed by atoms with E-state index in [0.29, 0.717) is 16.0 Å². The number of rotatable bonds is 2. The Labute approximate surface area is 99.1 Å². The van der Waals surface area contributed by atoms with E-state index in [0.717, 1.165) is 4.88 Å². The van der Waals surface area contributed by atoms with Crippen molar-refractivity contribution in [2.75, 3.05) is 0 Å². The average molecular weight is 262 g/mol. The van der Waals surface area contributed by atoms with E-state index in [1.54, 1.807) is 6.20 Å². The maximum Gasteiger partial charge on any atom is 0.347 e. The van der Waals surface area contributed by atoms with Gasteiger partial charge in [-0.1, -0.05) is 23.2 Å². The monoisotopic (exact) mass is 261 g/mol. The van der Waals surface area contributed by atoms with Gasteiger partial charge in [-0.2, -0.15) is 0 Å². The Kier molecular flexibility index (Phi) is 3.04. The molecule has 0 N–H and O–H groups in total. The third-order valence-corrected chi connectivity index (χ3v) is 2.97. The summed E-state index contributed by atoms with van der Waals surface area (Å²) in [5, 5.41) is 0.421. The van der Waals surface area contributed by atoms with Gasteiger partial charge in [-0.15, -0.1) is 11.3 Å². The molecule has 0 aliphatic carbocycles. The fourth-order valence-corrected chi connectivity index (χ4v) is 2.21. The molecule has 78 valence electrons. The van der Waals surface area contributed by atoms with Crippen molar-refractivity contribution in [1.29, 1.82) is 0 Å². The van der Waals surface area contributed by atoms with Gasteiger partial charge in [0.1, 0.15) is 0 Å². The predicted octanol–water partition coefficient (Wildman–Crippen LogP) is 2.05. The molecule has 0 aromatic carbocycles. The average Bonchev–Trinajstić information content (AvgIpc) is 2.58. The Hall–Kier alpha value is -0.910. The number of hydrogen-bond acceptors (Lipinski definition) is 4. The first-order valence-corrected chi connectivity index (χ1v) is 5.54. The van der Waals surface area contributed by atoms with Gasteiger partial charge in [0, 0.05) is 17.3 Å². The Morgan fingerprint density at radius 2 is 2.13 bits per heavy atom. The van der Waals surface area contributed by atoms with Gasteiger partial charge >= 0.3 is 5.69 Å². The van der Waals surface area contributed by atoms with Gasteiger partial charge in [0.05, 0.1) is 17.8 Å². The lowest BCUT2D eigenvalue weighted by Crippen LogP contribution is -2.21. The molecule has 15 heavy (non-hydrogen) atoms. The summed E-state index contributed by atoms with van der Waals surface area (Å²) in [5.41, 5.74) is -0.344. The van der Waals surface area contributed by atoms with Crippen LogP contribution in [0.15, 0.2) is 23.4 Å². The summed E-state index contributed by atoms with van der Waals surface area (Å²) in [5.74, 6) is 0. The maximum absolute atomic E-state index is 11.3. The molecule has 2 aromatic rings. The van der Waals surface area contributed by atoms with Gasteiger partial charge in [-0.25, -0.2) is 14.8 Å². The predicted molar refractivity (Wildman–Crippen MR) is 59.7 cm³/mol. The fourth-order valence-electron chi connectivity index (χ4n) is 1.07. The van der Waals surface area contributed by atoms with Gasteiger partial charge in [0.15, 0.2) is 4.47 Å². The topological polar surface area (TPSA) is 47.8 Å². The molecule has 2 heterocycles. The first-order valence-electron chi connectivity index (χ1n) is 3.97. The van der Waals surface area contributed by atoms with Crippen molar-refractivity contribution in [1.82, 2.24) is 14.5 Å². The lowest BCUT2D eigenvalue weighted by molar-refractivity contribution is 0.734. The summed E-state index contributed by atoms with van der Waals surface area (Å²) in [6.07, 6.45) is 4.48. The maximum atomic E-state index is 11.3. The molecule has 4 nitrogen and oxygen atoms in total. The zero-order valence-corrected chi connectivity index (χ0v) is 9.68. The molecule has 0 radical (unpaired) electrons. The standard InChI is InChI=1S/C8H5Cl2N3OS/c9-5-1-12-8(14)13(3-5)4-6-2-11-7(10)15-6/h1-3H,4H2. The van der Waals surface area contributed by atoms with Crippen LogP contribution in [0.2, 0.25) is 9.49 Å². The summed E-state index contributed by atoms with van der Waals surface area (Å²) in [6.45, 7) is 0.386. The highest BCUT2D eigenvalue weighted by Gasteiger charge is 2.03. The number of aromatic nitrogens is 3. The van der Waals surface area contributed by atoms with E-state index < -0.39 is 0 Å². The molecule has 0 saturated heterocycles. The van der Waals surface area contributed by atoms with Crippen LogP contribution in [0.3, 0.4) is 0 Å². The van der Waals surface area contributed by atoms with Crippen molar-refractivity contribution in [3.63, 3.8) is 0 Å². The van der Waals surface area contributed by atoms with Gasteiger partial charge < -0.3 is 0 Å². The lowest BCUT2D eigenvalue weighted by atomic mass is 10.5. The van der Waals surface area contributed by atoms with Crippen LogP contribution in [0.5, 0.6) is 0 Å². The molecule has 0 spiro atoms. The van der Waals surface area contributed by atoms with E-state index in [2.05, 4.69) is 9.97 Å². The third kappa shape index (κ3) is 2.56. The second kappa shape index (κ2) is 4.30. The minimum absolute atomic E-state index is 0.344. The second-order valence-corrected chi connectivity index (χ2v) is 4.90. The SMILES string of the molecule is O=c1ncc(Cl)cn1Cc1cnc(Cl)s1. The van der Waals surface area contributed by atoms with Crippen LogP contribution in [0.4, 0.5) is 0 Å². The quantitative estimate of drug-likeness (QED) is 0.832. The molecule has 0 amide bonds. The molecular formula is C8H5Cl2N3OS. The molecule has 2 aromatic heterocycles. The molecule has 0 aliphatic heterocycles. The van der Waals surface area contributed by atoms with Crippen molar-refractivity contribution >= 4 is 34.5 Å². The van der Waals surface area contributed by atoms with Crippen LogP contribution in [0.25, 0.3) is 0 Å². The van der Waals surface area contributed by atoms with E-state index in [9.17, 15) is 4.79 Å². The van der Waals surface area contributed by atoms with E-state index >= 15 is 0 Å². The first-order chi connectivity index (χ1) is 7.15. The van der Waals surface area contributed by atoms with Crippen molar-refractivity contribution in [3.8, 4) is 0 Å². The highest BCUT2D eigenvalue weighted by atomic mass is 35.5. The lowest BCUT2D eigenvalue weighted by Gasteiger charge is -2.01. The van der Waals surface area contributed by atoms with Gasteiger partial charge in [0.2, 0.25) is 0 Å². The van der Waals surface area contributed by atoms with Crippen molar-refractivity contribution < 1.29 is 0 Å². The Bertz CT molecular complexity index is 537. The van der Waals surface area contributed by atoms with Crippen LogP contribution in [0.1, 0.15) is 4.88 Å². The molecule has 0 unspecified atom stereocenters. The van der Waals surface area contributed by atoms with E-state index in [4.69, 9.17) is 23.2 Å². The molecular weight excluding hydrogens is 257 g/mol. The normalized spacial score (nSPS) is 10.5. The first kappa shape index (κ1) is 10.6. The van der Waals surface area contributed by atoms with Crippen LogP contribution < -0.4 is 5.69 Å². The largest absolute Gasteiger partial charge is 0.347 e. The van der Waals surface area contributed by atoms with Crippen LogP contribution in [0, 0.1) is 0 Å². The van der Waals surface area contributed by atoms with Crippen molar-refractivity contribution in [2.24, 2.45) is 0 Å². The summed E-state index contributed by atoms with van der Waals surface area (Å²) < 4.78 is 1.86. The highest BCUT2D eigenvalue weighted by Crippen LogP contribution is 2.18. The van der Waals surface area contributed by atoms with Crippen molar-refractivity contribution in [2.45, 2.75) is 6.54 Å². The molecule has 0 bridgehead atoms. The summed E-state index contributed by atoms with van der Waals surface area (Å²) in [4.78, 5) is 19.7.